The summed E-state index contributed by atoms with van der Waals surface area (Å²) in [6, 6.07) is 7.33. The zero-order valence-corrected chi connectivity index (χ0v) is 16.7. The highest BCUT2D eigenvalue weighted by Gasteiger charge is 2.71. The van der Waals surface area contributed by atoms with Crippen molar-refractivity contribution in [3.63, 3.8) is 0 Å². The lowest BCUT2D eigenvalue weighted by molar-refractivity contribution is -0.383. The molecular formula is C16H11B4F3N3O4P. The van der Waals surface area contributed by atoms with Crippen LogP contribution in [0.15, 0.2) is 36.4 Å². The largest absolute Gasteiger partial charge is 0.419 e. The summed E-state index contributed by atoms with van der Waals surface area (Å²) < 4.78 is 63.0. The number of benzene rings is 2. The Morgan fingerprint density at radius 2 is 1.61 bits per heavy atom. The van der Waals surface area contributed by atoms with E-state index in [1.807, 2.05) is 0 Å². The highest BCUT2D eigenvalue weighted by Crippen LogP contribution is 2.72. The fourth-order valence-electron chi connectivity index (χ4n) is 3.50. The lowest BCUT2D eigenvalue weighted by Crippen LogP contribution is -2.27. The molecule has 31 heavy (non-hydrogen) atoms. The third kappa shape index (κ3) is 3.44. The molecule has 7 nitrogen and oxygen atoms in total. The van der Waals surface area contributed by atoms with Gasteiger partial charge in [0.2, 0.25) is 0 Å². The van der Waals surface area contributed by atoms with Crippen molar-refractivity contribution in [1.82, 2.24) is 9.34 Å². The Balaban J connectivity index is 1.84. The molecule has 2 aromatic carbocycles. The van der Waals surface area contributed by atoms with E-state index in [-0.39, 0.29) is 29.5 Å². The number of rotatable bonds is 6. The highest BCUT2D eigenvalue weighted by molar-refractivity contribution is 7.55. The molecule has 2 aliphatic heterocycles. The van der Waals surface area contributed by atoms with Crippen LogP contribution in [0.25, 0.3) is 10.8 Å². The summed E-state index contributed by atoms with van der Waals surface area (Å²) in [6.07, 6.45) is -7.77. The van der Waals surface area contributed by atoms with Crippen molar-refractivity contribution >= 4 is 55.5 Å². The van der Waals surface area contributed by atoms with Gasteiger partial charge in [0.1, 0.15) is 0 Å². The maximum atomic E-state index is 14.1. The molecule has 8 radical (unpaired) electrons. The van der Waals surface area contributed by atoms with E-state index in [0.717, 1.165) is 16.8 Å². The molecule has 2 fully saturated rings. The van der Waals surface area contributed by atoms with Gasteiger partial charge in [-0.25, -0.2) is 9.34 Å². The summed E-state index contributed by atoms with van der Waals surface area (Å²) in [7, 11) is 18.4. The van der Waals surface area contributed by atoms with E-state index < -0.39 is 41.1 Å². The molecule has 2 unspecified atom stereocenters. The van der Waals surface area contributed by atoms with Crippen LogP contribution in [0.4, 0.5) is 18.9 Å². The molecule has 15 heteroatoms. The van der Waals surface area contributed by atoms with E-state index >= 15 is 0 Å². The van der Waals surface area contributed by atoms with Crippen molar-refractivity contribution in [1.29, 1.82) is 0 Å². The zero-order valence-electron chi connectivity index (χ0n) is 15.8. The van der Waals surface area contributed by atoms with Gasteiger partial charge in [-0.15, -0.1) is 0 Å². The van der Waals surface area contributed by atoms with Crippen molar-refractivity contribution in [2.24, 2.45) is 0 Å². The first kappa shape index (κ1) is 22.5. The van der Waals surface area contributed by atoms with Gasteiger partial charge >= 0.3 is 13.8 Å². The topological polar surface area (TPSA) is 75.5 Å². The Bertz CT molecular complexity index is 1110. The van der Waals surface area contributed by atoms with Crippen molar-refractivity contribution in [2.45, 2.75) is 23.0 Å². The molecule has 152 valence electrons. The van der Waals surface area contributed by atoms with Crippen LogP contribution in [0.5, 0.6) is 0 Å². The molecule has 0 bridgehead atoms. The predicted octanol–water partition coefficient (Wildman–Crippen LogP) is 2.09. The number of nitrogens with zero attached hydrogens (tertiary/aromatic N) is 3. The van der Waals surface area contributed by atoms with Crippen LogP contribution in [0.2, 0.25) is 0 Å². The van der Waals surface area contributed by atoms with Crippen LogP contribution in [-0.2, 0) is 9.09 Å². The molecule has 2 aromatic rings. The zero-order chi connectivity index (χ0) is 23.0. The summed E-state index contributed by atoms with van der Waals surface area (Å²) in [4.78, 5) is 10.6. The van der Waals surface area contributed by atoms with Crippen LogP contribution in [-0.4, -0.2) is 75.6 Å². The van der Waals surface area contributed by atoms with Crippen molar-refractivity contribution < 1.29 is 27.2 Å². The molecule has 4 rings (SSSR count). The molecular weight excluding hydrogens is 429 g/mol. The molecule has 2 aliphatic rings. The normalized spacial score (nSPS) is 23.2. The first-order valence-electron chi connectivity index (χ1n) is 8.96. The first-order valence-corrected chi connectivity index (χ1v) is 10.5. The van der Waals surface area contributed by atoms with Gasteiger partial charge in [-0.05, 0) is 33.8 Å². The molecule has 0 amide bonds. The van der Waals surface area contributed by atoms with E-state index in [4.69, 9.17) is 35.9 Å². The Morgan fingerprint density at radius 1 is 1.06 bits per heavy atom. The average molecular weight is 440 g/mol. The van der Waals surface area contributed by atoms with E-state index in [2.05, 4.69) is 0 Å². The SMILES string of the molecule is [B]C1([B])N(P(=O)(OC(c2ccc([N+](=O)[O-])c3ccccc23)C(F)(F)F)N2CC2)C1([B])[B]. The van der Waals surface area contributed by atoms with Crippen LogP contribution < -0.4 is 0 Å². The van der Waals surface area contributed by atoms with Crippen LogP contribution in [0.3, 0.4) is 0 Å². The average Bonchev–Trinajstić information content (AvgIpc) is 3.55. The summed E-state index contributed by atoms with van der Waals surface area (Å²) in [5, 5.41) is 7.07. The smallest absolute Gasteiger partial charge is 0.288 e. The van der Waals surface area contributed by atoms with Gasteiger partial charge in [-0.3, -0.25) is 19.2 Å². The summed E-state index contributed by atoms with van der Waals surface area (Å²) in [6.45, 7) is 0.317. The minimum absolute atomic E-state index is 0.0323. The second kappa shape index (κ2) is 6.88. The fraction of sp³-hybridized carbons (Fsp3) is 0.375. The Kier molecular flexibility index (Phi) is 4.98. The molecule has 0 aromatic heterocycles. The number of hydrogen-bond donors (Lipinski definition) is 0. The molecule has 2 saturated heterocycles. The molecule has 0 saturated carbocycles. The Labute approximate surface area is 180 Å². The lowest BCUT2D eigenvalue weighted by atomic mass is 9.49. The maximum absolute atomic E-state index is 14.1. The fourth-order valence-corrected chi connectivity index (χ4v) is 6.19. The number of alkyl halides is 3. The van der Waals surface area contributed by atoms with Crippen molar-refractivity contribution in [2.75, 3.05) is 13.1 Å². The Hall–Kier alpha value is -1.74. The van der Waals surface area contributed by atoms with E-state index in [1.54, 1.807) is 0 Å². The second-order valence-electron chi connectivity index (χ2n) is 7.41. The maximum Gasteiger partial charge on any atom is 0.419 e. The van der Waals surface area contributed by atoms with Gasteiger partial charge in [0.25, 0.3) is 5.69 Å². The number of nitro groups is 1. The van der Waals surface area contributed by atoms with Gasteiger partial charge in [-0.1, -0.05) is 18.2 Å². The quantitative estimate of drug-likeness (QED) is 0.225. The van der Waals surface area contributed by atoms with E-state index in [0.29, 0.717) is 4.67 Å². The summed E-state index contributed by atoms with van der Waals surface area (Å²) in [5.41, 5.74) is -0.844. The number of halogens is 3. The van der Waals surface area contributed by atoms with Crippen LogP contribution >= 0.6 is 7.67 Å². The number of nitro benzene ring substituents is 1. The third-order valence-corrected chi connectivity index (χ3v) is 8.05. The standard InChI is InChI=1S/C16H11B4F3N3O4P/c17-15(18)16(19,20)26(15)31(29,24-7-8-24)30-13(14(21,22)23)11-5-6-12(25(27)28)10-4-2-1-3-9(10)11/h1-6,13H,7-8H2. The minimum atomic E-state index is -5.04. The van der Waals surface area contributed by atoms with Crippen LogP contribution in [0.1, 0.15) is 11.7 Å². The molecule has 0 spiro atoms. The number of non-ortho nitro benzene ring substituents is 1. The van der Waals surface area contributed by atoms with Crippen molar-refractivity contribution in [3.05, 3.63) is 52.1 Å². The predicted molar refractivity (Wildman–Crippen MR) is 110 cm³/mol. The lowest BCUT2D eigenvalue weighted by Gasteiger charge is -2.30. The molecule has 0 aliphatic carbocycles. The molecule has 0 N–H and O–H groups in total. The Morgan fingerprint density at radius 3 is 2.06 bits per heavy atom. The molecule has 2 heterocycles. The summed E-state index contributed by atoms with van der Waals surface area (Å²) >= 11 is 0. The third-order valence-electron chi connectivity index (χ3n) is 5.28. The van der Waals surface area contributed by atoms with Crippen molar-refractivity contribution in [3.8, 4) is 0 Å². The summed E-state index contributed by atoms with van der Waals surface area (Å²) in [5.74, 6) is 0. The van der Waals surface area contributed by atoms with Gasteiger partial charge in [0, 0.05) is 19.2 Å². The number of hydrogen-bond acceptors (Lipinski definition) is 4. The first-order chi connectivity index (χ1) is 14.2. The van der Waals surface area contributed by atoms with E-state index in [1.165, 1.54) is 24.3 Å². The van der Waals surface area contributed by atoms with Crippen LogP contribution in [0, 0.1) is 10.1 Å². The van der Waals surface area contributed by atoms with Gasteiger partial charge < -0.3 is 0 Å². The van der Waals surface area contributed by atoms with E-state index in [9.17, 15) is 27.9 Å². The number of fused-ring (bicyclic) bond motifs is 1. The monoisotopic (exact) mass is 441 g/mol. The molecule has 2 atom stereocenters. The minimum Gasteiger partial charge on any atom is -0.288 e. The van der Waals surface area contributed by atoms with Gasteiger partial charge in [-0.2, -0.15) is 13.2 Å². The second-order valence-corrected chi connectivity index (χ2v) is 9.57. The highest BCUT2D eigenvalue weighted by atomic mass is 31.2. The van der Waals surface area contributed by atoms with Gasteiger partial charge in [0.05, 0.1) is 41.7 Å². The van der Waals surface area contributed by atoms with Gasteiger partial charge in [0.15, 0.2) is 6.10 Å².